The number of rotatable bonds is 8. The summed E-state index contributed by atoms with van der Waals surface area (Å²) in [4.78, 5) is 17.5. The average Bonchev–Trinajstić information content (AvgIpc) is 3.56. The molecule has 38 heavy (non-hydrogen) atoms. The van der Waals surface area contributed by atoms with Crippen molar-refractivity contribution in [3.05, 3.63) is 65.4 Å². The minimum Gasteiger partial charge on any atom is -0.493 e. The fraction of sp³-hybridized carbons (Fsp3) is 0.241. The van der Waals surface area contributed by atoms with Crippen LogP contribution in [0.15, 0.2) is 48.5 Å². The Morgan fingerprint density at radius 3 is 2.45 bits per heavy atom. The van der Waals surface area contributed by atoms with Gasteiger partial charge in [-0.2, -0.15) is 0 Å². The van der Waals surface area contributed by atoms with Gasteiger partial charge in [0.05, 0.1) is 37.6 Å². The minimum atomic E-state index is -0.411. The zero-order valence-corrected chi connectivity index (χ0v) is 21.2. The summed E-state index contributed by atoms with van der Waals surface area (Å²) in [5.74, 6) is 3.19. The number of cyclic esters (lactones) is 1. The lowest BCUT2D eigenvalue weighted by molar-refractivity contribution is 0.0534. The SMILES string of the molecule is CCOc1ccc(COc2cc3nc4c(c(-c5ccc6c(c5)OCO6)c3cc2OC)C(=O)OC4)cc1OC. The van der Waals surface area contributed by atoms with Gasteiger partial charge in [-0.05, 0) is 48.4 Å². The van der Waals surface area contributed by atoms with Gasteiger partial charge in [-0.3, -0.25) is 0 Å². The van der Waals surface area contributed by atoms with Gasteiger partial charge in [0.25, 0.3) is 0 Å². The van der Waals surface area contributed by atoms with E-state index in [9.17, 15) is 4.79 Å². The van der Waals surface area contributed by atoms with E-state index in [2.05, 4.69) is 0 Å². The number of esters is 1. The molecule has 2 aliphatic rings. The van der Waals surface area contributed by atoms with E-state index in [-0.39, 0.29) is 20.0 Å². The Morgan fingerprint density at radius 2 is 1.63 bits per heavy atom. The number of carbonyl (C=O) groups excluding carboxylic acids is 1. The minimum absolute atomic E-state index is 0.107. The van der Waals surface area contributed by atoms with Crippen LogP contribution in [-0.2, 0) is 18.0 Å². The molecular weight excluding hydrogens is 490 g/mol. The van der Waals surface area contributed by atoms with Crippen molar-refractivity contribution in [3.63, 3.8) is 0 Å². The molecule has 0 spiro atoms. The van der Waals surface area contributed by atoms with Crippen LogP contribution in [0.3, 0.4) is 0 Å². The molecule has 0 atom stereocenters. The third kappa shape index (κ3) is 4.06. The Bertz CT molecular complexity index is 1560. The Morgan fingerprint density at radius 1 is 0.816 bits per heavy atom. The number of ether oxygens (including phenoxy) is 7. The van der Waals surface area contributed by atoms with E-state index >= 15 is 0 Å². The number of hydrogen-bond donors (Lipinski definition) is 0. The number of fused-ring (bicyclic) bond motifs is 3. The number of carbonyl (C=O) groups is 1. The largest absolute Gasteiger partial charge is 0.493 e. The fourth-order valence-electron chi connectivity index (χ4n) is 4.71. The Hall–Kier alpha value is -4.66. The normalized spacial score (nSPS) is 13.3. The zero-order chi connectivity index (χ0) is 26.2. The molecule has 0 N–H and O–H groups in total. The molecule has 3 heterocycles. The quantitative estimate of drug-likeness (QED) is 0.290. The average molecular weight is 516 g/mol. The second-order valence-electron chi connectivity index (χ2n) is 8.68. The van der Waals surface area contributed by atoms with E-state index in [0.717, 1.165) is 16.5 Å². The Kier molecular flexibility index (Phi) is 6.03. The van der Waals surface area contributed by atoms with Gasteiger partial charge in [0.1, 0.15) is 13.2 Å². The first-order valence-electron chi connectivity index (χ1n) is 12.1. The van der Waals surface area contributed by atoms with Crippen LogP contribution in [0.5, 0.6) is 34.5 Å². The molecule has 4 aromatic rings. The van der Waals surface area contributed by atoms with Gasteiger partial charge >= 0.3 is 5.97 Å². The first kappa shape index (κ1) is 23.7. The highest BCUT2D eigenvalue weighted by atomic mass is 16.7. The van der Waals surface area contributed by atoms with Crippen molar-refractivity contribution < 1.29 is 38.0 Å². The molecule has 0 fully saturated rings. The standard InChI is InChI=1S/C29H25NO8/c1-4-34-21-7-5-16(9-23(21)32-2)13-35-26-12-19-18(11-24(26)33-3)27(28-20(30-19)14-36-29(28)31)17-6-8-22-25(10-17)38-15-37-22/h5-12H,4,13-15H2,1-3H3. The predicted molar refractivity (Wildman–Crippen MR) is 137 cm³/mol. The monoisotopic (exact) mass is 515 g/mol. The highest BCUT2D eigenvalue weighted by Crippen LogP contribution is 2.44. The molecule has 194 valence electrons. The van der Waals surface area contributed by atoms with Gasteiger partial charge in [0.15, 0.2) is 34.5 Å². The van der Waals surface area contributed by atoms with Crippen molar-refractivity contribution in [1.82, 2.24) is 4.98 Å². The summed E-state index contributed by atoms with van der Waals surface area (Å²) in [6.45, 7) is 3.00. The number of hydrogen-bond acceptors (Lipinski definition) is 9. The lowest BCUT2D eigenvalue weighted by atomic mass is 9.94. The van der Waals surface area contributed by atoms with Gasteiger partial charge in [0.2, 0.25) is 6.79 Å². The van der Waals surface area contributed by atoms with Crippen molar-refractivity contribution in [1.29, 1.82) is 0 Å². The van der Waals surface area contributed by atoms with Crippen LogP contribution < -0.4 is 28.4 Å². The van der Waals surface area contributed by atoms with E-state index in [1.807, 2.05) is 55.5 Å². The van der Waals surface area contributed by atoms with E-state index in [1.54, 1.807) is 14.2 Å². The van der Waals surface area contributed by atoms with E-state index in [0.29, 0.717) is 63.4 Å². The molecule has 2 aliphatic heterocycles. The molecule has 0 saturated heterocycles. The van der Waals surface area contributed by atoms with Crippen molar-refractivity contribution >= 4 is 16.9 Å². The summed E-state index contributed by atoms with van der Waals surface area (Å²) in [5, 5.41) is 0.730. The highest BCUT2D eigenvalue weighted by molar-refractivity contribution is 6.09. The first-order valence-corrected chi connectivity index (χ1v) is 12.1. The summed E-state index contributed by atoms with van der Waals surface area (Å²) >= 11 is 0. The van der Waals surface area contributed by atoms with Gasteiger partial charge in [0, 0.05) is 17.0 Å². The van der Waals surface area contributed by atoms with Gasteiger partial charge in [-0.15, -0.1) is 0 Å². The molecule has 0 radical (unpaired) electrons. The summed E-state index contributed by atoms with van der Waals surface area (Å²) in [7, 11) is 3.18. The number of pyridine rings is 1. The summed E-state index contributed by atoms with van der Waals surface area (Å²) in [6, 6.07) is 14.9. The van der Waals surface area contributed by atoms with Crippen LogP contribution in [0.2, 0.25) is 0 Å². The lowest BCUT2D eigenvalue weighted by Gasteiger charge is -2.16. The number of methoxy groups -OCH3 is 2. The van der Waals surface area contributed by atoms with Crippen LogP contribution in [0.25, 0.3) is 22.0 Å². The maximum atomic E-state index is 12.7. The number of aromatic nitrogens is 1. The number of benzene rings is 3. The van der Waals surface area contributed by atoms with Gasteiger partial charge in [-0.1, -0.05) is 12.1 Å². The highest BCUT2D eigenvalue weighted by Gasteiger charge is 2.30. The van der Waals surface area contributed by atoms with Crippen LogP contribution in [0, 0.1) is 0 Å². The third-order valence-corrected chi connectivity index (χ3v) is 6.47. The Labute approximate surface area is 218 Å². The van der Waals surface area contributed by atoms with Crippen LogP contribution in [-0.4, -0.2) is 38.6 Å². The van der Waals surface area contributed by atoms with Crippen molar-refractivity contribution in [3.8, 4) is 45.6 Å². The first-order chi connectivity index (χ1) is 18.6. The molecule has 0 amide bonds. The van der Waals surface area contributed by atoms with Crippen molar-refractivity contribution in [2.24, 2.45) is 0 Å². The smallest absolute Gasteiger partial charge is 0.341 e. The maximum Gasteiger partial charge on any atom is 0.341 e. The zero-order valence-electron chi connectivity index (χ0n) is 21.2. The molecule has 0 unspecified atom stereocenters. The summed E-state index contributed by atoms with van der Waals surface area (Å²) in [6.07, 6.45) is 0. The fourth-order valence-corrected chi connectivity index (χ4v) is 4.71. The molecule has 0 bridgehead atoms. The lowest BCUT2D eigenvalue weighted by Crippen LogP contribution is -2.03. The molecular formula is C29H25NO8. The molecule has 3 aromatic carbocycles. The second-order valence-corrected chi connectivity index (χ2v) is 8.68. The van der Waals surface area contributed by atoms with Crippen LogP contribution in [0.1, 0.15) is 28.5 Å². The van der Waals surface area contributed by atoms with E-state index < -0.39 is 5.97 Å². The van der Waals surface area contributed by atoms with Crippen LogP contribution >= 0.6 is 0 Å². The molecule has 0 saturated carbocycles. The molecule has 0 aliphatic carbocycles. The molecule has 6 rings (SSSR count). The van der Waals surface area contributed by atoms with Gasteiger partial charge in [-0.25, -0.2) is 9.78 Å². The van der Waals surface area contributed by atoms with Crippen LogP contribution in [0.4, 0.5) is 0 Å². The van der Waals surface area contributed by atoms with E-state index in [4.69, 9.17) is 38.1 Å². The van der Waals surface area contributed by atoms with Crippen molar-refractivity contribution in [2.75, 3.05) is 27.6 Å². The topological polar surface area (TPSA) is 94.6 Å². The Balaban J connectivity index is 1.41. The van der Waals surface area contributed by atoms with Gasteiger partial charge < -0.3 is 33.2 Å². The maximum absolute atomic E-state index is 12.7. The molecule has 9 heteroatoms. The van der Waals surface area contributed by atoms with E-state index in [1.165, 1.54) is 0 Å². The predicted octanol–water partition coefficient (Wildman–Crippen LogP) is 5.30. The van der Waals surface area contributed by atoms with Crippen molar-refractivity contribution in [2.45, 2.75) is 20.1 Å². The second kappa shape index (κ2) is 9.66. The molecule has 9 nitrogen and oxygen atoms in total. The third-order valence-electron chi connectivity index (χ3n) is 6.47. The summed E-state index contributed by atoms with van der Waals surface area (Å²) in [5.41, 5.74) is 4.04. The number of nitrogens with zero attached hydrogens (tertiary/aromatic N) is 1. The summed E-state index contributed by atoms with van der Waals surface area (Å²) < 4.78 is 39.3. The molecule has 1 aromatic heterocycles.